The molecule has 0 spiro atoms. The van der Waals surface area contributed by atoms with E-state index in [1.807, 2.05) is 32.0 Å². The van der Waals surface area contributed by atoms with Crippen molar-refractivity contribution in [1.29, 1.82) is 0 Å². The zero-order valence-corrected chi connectivity index (χ0v) is 13.5. The van der Waals surface area contributed by atoms with Gasteiger partial charge in [-0.25, -0.2) is 0 Å². The Bertz CT molecular complexity index is 858. The lowest BCUT2D eigenvalue weighted by Gasteiger charge is -2.05. The predicted molar refractivity (Wildman–Crippen MR) is 90.7 cm³/mol. The molecule has 0 unspecified atom stereocenters. The van der Waals surface area contributed by atoms with Gasteiger partial charge in [0, 0.05) is 34.1 Å². The summed E-state index contributed by atoms with van der Waals surface area (Å²) in [5.74, 6) is 0.251. The second-order valence-electron chi connectivity index (χ2n) is 5.23. The summed E-state index contributed by atoms with van der Waals surface area (Å²) in [6, 6.07) is 8.97. The molecule has 6 heteroatoms. The van der Waals surface area contributed by atoms with E-state index in [4.69, 9.17) is 11.6 Å². The highest BCUT2D eigenvalue weighted by atomic mass is 35.5. The highest BCUT2D eigenvalue weighted by molar-refractivity contribution is 6.31. The average Bonchev–Trinajstić information content (AvgIpc) is 2.92. The lowest BCUT2D eigenvalue weighted by atomic mass is 10.1. The molecule has 2 aromatic heterocycles. The topological polar surface area (TPSA) is 70.7 Å². The number of halogens is 1. The number of nitrogens with one attached hydrogen (secondary N) is 2. The standard InChI is InChI=1S/C17H15ClN4O/c1-10-3-4-13(9-14(10)18)17(23)20-16-11(2)15(21-22-16)12-5-7-19-8-6-12/h3-9H,1-2H3,(H2,20,21,22,23). The lowest BCUT2D eigenvalue weighted by molar-refractivity contribution is 0.102. The van der Waals surface area contributed by atoms with Gasteiger partial charge >= 0.3 is 0 Å². The number of rotatable bonds is 3. The number of hydrogen-bond acceptors (Lipinski definition) is 3. The Hall–Kier alpha value is -2.66. The first-order chi connectivity index (χ1) is 11.1. The minimum atomic E-state index is -0.247. The molecule has 116 valence electrons. The monoisotopic (exact) mass is 326 g/mol. The summed E-state index contributed by atoms with van der Waals surface area (Å²) in [6.45, 7) is 3.79. The van der Waals surface area contributed by atoms with E-state index in [1.54, 1.807) is 24.5 Å². The van der Waals surface area contributed by atoms with Gasteiger partial charge in [0.15, 0.2) is 5.82 Å². The molecule has 2 heterocycles. The summed E-state index contributed by atoms with van der Waals surface area (Å²) < 4.78 is 0. The molecule has 3 aromatic rings. The number of anilines is 1. The van der Waals surface area contributed by atoms with Crippen molar-refractivity contribution in [2.45, 2.75) is 13.8 Å². The molecule has 23 heavy (non-hydrogen) atoms. The van der Waals surface area contributed by atoms with Crippen LogP contribution in [-0.2, 0) is 0 Å². The van der Waals surface area contributed by atoms with Gasteiger partial charge in [-0.15, -0.1) is 0 Å². The molecule has 0 aliphatic carbocycles. The van der Waals surface area contributed by atoms with Gasteiger partial charge in [-0.3, -0.25) is 14.9 Å². The maximum Gasteiger partial charge on any atom is 0.256 e. The van der Waals surface area contributed by atoms with Gasteiger partial charge in [-0.2, -0.15) is 5.10 Å². The number of benzene rings is 1. The fourth-order valence-corrected chi connectivity index (χ4v) is 2.41. The third-order valence-electron chi connectivity index (χ3n) is 3.64. The van der Waals surface area contributed by atoms with Crippen molar-refractivity contribution < 1.29 is 4.79 Å². The van der Waals surface area contributed by atoms with Crippen molar-refractivity contribution >= 4 is 23.3 Å². The molecule has 0 atom stereocenters. The molecule has 1 aromatic carbocycles. The molecule has 0 radical (unpaired) electrons. The van der Waals surface area contributed by atoms with Crippen LogP contribution < -0.4 is 5.32 Å². The van der Waals surface area contributed by atoms with Crippen LogP contribution in [0.2, 0.25) is 5.02 Å². The van der Waals surface area contributed by atoms with Crippen LogP contribution in [0.4, 0.5) is 5.82 Å². The van der Waals surface area contributed by atoms with E-state index >= 15 is 0 Å². The Morgan fingerprint density at radius 2 is 1.91 bits per heavy atom. The van der Waals surface area contributed by atoms with E-state index in [-0.39, 0.29) is 5.91 Å². The minimum Gasteiger partial charge on any atom is -0.305 e. The third-order valence-corrected chi connectivity index (χ3v) is 4.05. The predicted octanol–water partition coefficient (Wildman–Crippen LogP) is 3.99. The maximum atomic E-state index is 12.3. The Labute approximate surface area is 138 Å². The second-order valence-corrected chi connectivity index (χ2v) is 5.63. The fraction of sp³-hybridized carbons (Fsp3) is 0.118. The Morgan fingerprint density at radius 1 is 1.17 bits per heavy atom. The number of carbonyl (C=O) groups is 1. The highest BCUT2D eigenvalue weighted by Gasteiger charge is 2.14. The first kappa shape index (κ1) is 15.2. The number of pyridine rings is 1. The first-order valence-electron chi connectivity index (χ1n) is 7.09. The highest BCUT2D eigenvalue weighted by Crippen LogP contribution is 2.26. The van der Waals surface area contributed by atoms with E-state index in [1.165, 1.54) is 0 Å². The van der Waals surface area contributed by atoms with Crippen LogP contribution in [0.25, 0.3) is 11.3 Å². The number of aromatic amines is 1. The number of amides is 1. The van der Waals surface area contributed by atoms with Crippen molar-refractivity contribution in [2.75, 3.05) is 5.32 Å². The van der Waals surface area contributed by atoms with Crippen LogP contribution in [0.5, 0.6) is 0 Å². The van der Waals surface area contributed by atoms with Crippen molar-refractivity contribution in [3.05, 3.63) is 64.4 Å². The number of hydrogen-bond donors (Lipinski definition) is 2. The summed E-state index contributed by atoms with van der Waals surface area (Å²) in [7, 11) is 0. The number of H-pyrrole nitrogens is 1. The molecule has 0 fully saturated rings. The average molecular weight is 327 g/mol. The molecule has 3 rings (SSSR count). The summed E-state index contributed by atoms with van der Waals surface area (Å²) >= 11 is 6.07. The van der Waals surface area contributed by atoms with Crippen molar-refractivity contribution in [3.63, 3.8) is 0 Å². The zero-order valence-electron chi connectivity index (χ0n) is 12.7. The molecular weight excluding hydrogens is 312 g/mol. The Balaban J connectivity index is 1.85. The van der Waals surface area contributed by atoms with E-state index < -0.39 is 0 Å². The van der Waals surface area contributed by atoms with Crippen molar-refractivity contribution in [1.82, 2.24) is 15.2 Å². The third kappa shape index (κ3) is 3.10. The van der Waals surface area contributed by atoms with Gasteiger partial charge in [-0.1, -0.05) is 17.7 Å². The van der Waals surface area contributed by atoms with E-state index in [2.05, 4.69) is 20.5 Å². The van der Waals surface area contributed by atoms with Crippen LogP contribution in [0, 0.1) is 13.8 Å². The molecule has 5 nitrogen and oxygen atoms in total. The normalized spacial score (nSPS) is 10.6. The largest absolute Gasteiger partial charge is 0.305 e. The smallest absolute Gasteiger partial charge is 0.256 e. The SMILES string of the molecule is Cc1ccc(C(=O)Nc2n[nH]c(-c3ccncc3)c2C)cc1Cl. The number of carbonyl (C=O) groups excluding carboxylic acids is 1. The van der Waals surface area contributed by atoms with E-state index in [9.17, 15) is 4.79 Å². The number of aromatic nitrogens is 3. The van der Waals surface area contributed by atoms with Gasteiger partial charge in [-0.05, 0) is 43.7 Å². The van der Waals surface area contributed by atoms with Crippen LogP contribution in [0.3, 0.4) is 0 Å². The van der Waals surface area contributed by atoms with Gasteiger partial charge in [0.1, 0.15) is 0 Å². The van der Waals surface area contributed by atoms with Crippen LogP contribution >= 0.6 is 11.6 Å². The first-order valence-corrected chi connectivity index (χ1v) is 7.47. The van der Waals surface area contributed by atoms with Gasteiger partial charge in [0.25, 0.3) is 5.91 Å². The molecule has 2 N–H and O–H groups in total. The molecular formula is C17H15ClN4O. The van der Waals surface area contributed by atoms with E-state index in [0.717, 1.165) is 22.4 Å². The maximum absolute atomic E-state index is 12.3. The summed E-state index contributed by atoms with van der Waals surface area (Å²) in [5, 5.41) is 10.5. The number of nitrogens with zero attached hydrogens (tertiary/aromatic N) is 2. The summed E-state index contributed by atoms with van der Waals surface area (Å²) in [6.07, 6.45) is 3.42. The fourth-order valence-electron chi connectivity index (χ4n) is 2.23. The molecule has 0 saturated heterocycles. The lowest BCUT2D eigenvalue weighted by Crippen LogP contribution is -2.13. The second kappa shape index (κ2) is 6.22. The van der Waals surface area contributed by atoms with Gasteiger partial charge in [0.05, 0.1) is 5.69 Å². The molecule has 0 aliphatic rings. The van der Waals surface area contributed by atoms with Gasteiger partial charge in [0.2, 0.25) is 0 Å². The van der Waals surface area contributed by atoms with Crippen LogP contribution in [0.15, 0.2) is 42.7 Å². The van der Waals surface area contributed by atoms with Crippen molar-refractivity contribution in [2.24, 2.45) is 0 Å². The molecule has 1 amide bonds. The molecule has 0 bridgehead atoms. The van der Waals surface area contributed by atoms with Gasteiger partial charge < -0.3 is 5.32 Å². The van der Waals surface area contributed by atoms with E-state index in [0.29, 0.717) is 16.4 Å². The number of aryl methyl sites for hydroxylation is 1. The van der Waals surface area contributed by atoms with Crippen molar-refractivity contribution in [3.8, 4) is 11.3 Å². The minimum absolute atomic E-state index is 0.247. The van der Waals surface area contributed by atoms with Crippen LogP contribution in [-0.4, -0.2) is 21.1 Å². The summed E-state index contributed by atoms with van der Waals surface area (Å²) in [5.41, 5.74) is 4.10. The Morgan fingerprint density at radius 3 is 2.61 bits per heavy atom. The summed E-state index contributed by atoms with van der Waals surface area (Å²) in [4.78, 5) is 16.3. The molecule has 0 aliphatic heterocycles. The quantitative estimate of drug-likeness (QED) is 0.764. The zero-order chi connectivity index (χ0) is 16.4. The van der Waals surface area contributed by atoms with Crippen LogP contribution in [0.1, 0.15) is 21.5 Å². The molecule has 0 saturated carbocycles. The Kier molecular flexibility index (Phi) is 4.12.